The Morgan fingerprint density at radius 3 is 1.63 bits per heavy atom. The number of aliphatic hydroxyl groups is 5. The predicted octanol–water partition coefficient (Wildman–Crippen LogP) is -0.935. The molecular weight excluding hydrogens is 486 g/mol. The van der Waals surface area contributed by atoms with Crippen LogP contribution in [-0.4, -0.2) is 75.9 Å². The molecule has 0 aliphatic carbocycles. The first-order valence-corrected chi connectivity index (χ1v) is 7.66. The van der Waals surface area contributed by atoms with E-state index in [2.05, 4.69) is 0 Å². The molecule has 9 heteroatoms. The highest BCUT2D eigenvalue weighted by molar-refractivity contribution is 14.1. The van der Waals surface area contributed by atoms with Crippen LogP contribution in [0.15, 0.2) is 0 Å². The maximum Gasteiger partial charge on any atom is 0.133 e. The summed E-state index contributed by atoms with van der Waals surface area (Å²) in [6.07, 6.45) is 0. The van der Waals surface area contributed by atoms with Crippen LogP contribution in [0.1, 0.15) is 0 Å². The summed E-state index contributed by atoms with van der Waals surface area (Å²) in [7, 11) is 0. The van der Waals surface area contributed by atoms with Crippen molar-refractivity contribution >= 4 is 45.6 Å². The van der Waals surface area contributed by atoms with Gasteiger partial charge < -0.3 is 33.3 Å². The predicted molar refractivity (Wildman–Crippen MR) is 84.0 cm³/mol. The van der Waals surface area contributed by atoms with Gasteiger partial charge in [-0.25, -0.2) is 0 Å². The van der Waals surface area contributed by atoms with E-state index in [4.69, 9.17) is 23.1 Å². The van der Waals surface area contributed by atoms with Crippen LogP contribution in [0.4, 0.5) is 0 Å². The van der Waals surface area contributed by atoms with Gasteiger partial charge in [-0.3, -0.25) is 0 Å². The van der Waals surface area contributed by atoms with E-state index < -0.39 is 34.8 Å². The van der Waals surface area contributed by atoms with E-state index in [1.165, 1.54) is 0 Å². The Labute approximate surface area is 139 Å². The molecule has 0 radical (unpaired) electrons. The molecule has 0 aliphatic rings. The van der Waals surface area contributed by atoms with Crippen molar-refractivity contribution in [3.8, 4) is 0 Å². The van der Waals surface area contributed by atoms with Gasteiger partial charge in [-0.2, -0.15) is 0 Å². The molecule has 0 aromatic heterocycles. The Bertz CT molecular complexity index is 226. The molecule has 5 N–H and O–H groups in total. The van der Waals surface area contributed by atoms with Gasteiger partial charge in [0.1, 0.15) is 27.1 Å². The Kier molecular flexibility index (Phi) is 10.6. The highest BCUT2D eigenvalue weighted by Gasteiger charge is 2.39. The van der Waals surface area contributed by atoms with E-state index in [0.717, 1.165) is 0 Å². The summed E-state index contributed by atoms with van der Waals surface area (Å²) >= 11 is 3.60. The van der Waals surface area contributed by atoms with Crippen LogP contribution < -0.4 is 0 Å². The Balaban J connectivity index is 4.57. The van der Waals surface area contributed by atoms with Crippen LogP contribution in [0.5, 0.6) is 0 Å². The molecule has 7 nitrogen and oxygen atoms in total. The van der Waals surface area contributed by atoms with Crippen molar-refractivity contribution in [1.82, 2.24) is 0 Å². The van der Waals surface area contributed by atoms with Crippen LogP contribution in [0.25, 0.3) is 0 Å². The minimum Gasteiger partial charge on any atom is -0.396 e. The van der Waals surface area contributed by atoms with Crippen molar-refractivity contribution in [3.63, 3.8) is 0 Å². The second-order valence-corrected chi connectivity index (χ2v) is 6.19. The van der Waals surface area contributed by atoms with E-state index in [0.29, 0.717) is 0 Å². The summed E-state index contributed by atoms with van der Waals surface area (Å²) in [4.78, 5) is 0. The number of ether oxygens (including phenoxy) is 1. The van der Waals surface area contributed by atoms with Crippen LogP contribution >= 0.6 is 45.6 Å². The molecule has 0 aromatic rings. The van der Waals surface area contributed by atoms with Gasteiger partial charge in [0.25, 0.3) is 0 Å². The molecule has 0 fully saturated rings. The smallest absolute Gasteiger partial charge is 0.133 e. The third kappa shape index (κ3) is 5.47. The van der Waals surface area contributed by atoms with Crippen molar-refractivity contribution in [2.75, 3.05) is 46.2 Å². The van der Waals surface area contributed by atoms with Crippen molar-refractivity contribution in [2.45, 2.75) is 4.11 Å². The molecule has 0 aromatic carbocycles. The fraction of sp³-hybridized carbons (Fsp3) is 1.00. The van der Waals surface area contributed by atoms with E-state index in [1.807, 2.05) is 22.6 Å². The summed E-state index contributed by atoms with van der Waals surface area (Å²) in [6.45, 7) is -2.10. The standard InChI is InChI=1S/C10H20I2O7/c11-8(19-12)10(4-16,5-17)7-18-6-9(1-13,2-14)3-15/h8,13-17H,1-7H2. The monoisotopic (exact) mass is 506 g/mol. The number of hydrogen-bond acceptors (Lipinski definition) is 7. The quantitative estimate of drug-likeness (QED) is 0.182. The summed E-state index contributed by atoms with van der Waals surface area (Å²) < 4.78 is 9.94. The molecule has 0 saturated heterocycles. The lowest BCUT2D eigenvalue weighted by molar-refractivity contribution is -0.0999. The van der Waals surface area contributed by atoms with Crippen molar-refractivity contribution < 1.29 is 33.3 Å². The molecule has 1 atom stereocenters. The normalized spacial score (nSPS) is 14.7. The minimum absolute atomic E-state index is 0.0294. The zero-order chi connectivity index (χ0) is 14.9. The second kappa shape index (κ2) is 10.00. The maximum atomic E-state index is 9.40. The van der Waals surface area contributed by atoms with Gasteiger partial charge in [-0.1, -0.05) is 0 Å². The Morgan fingerprint density at radius 1 is 0.842 bits per heavy atom. The van der Waals surface area contributed by atoms with Crippen LogP contribution in [0.3, 0.4) is 0 Å². The zero-order valence-corrected chi connectivity index (χ0v) is 14.7. The number of halogens is 2. The van der Waals surface area contributed by atoms with E-state index in [1.54, 1.807) is 23.0 Å². The molecule has 0 spiro atoms. The molecule has 0 amide bonds. The average Bonchev–Trinajstić information content (AvgIpc) is 2.48. The van der Waals surface area contributed by atoms with Gasteiger partial charge in [0.15, 0.2) is 0 Å². The molecule has 19 heavy (non-hydrogen) atoms. The SMILES string of the molecule is OCC(CO)(CO)COCC(CO)(CO)C(I)OI. The maximum absolute atomic E-state index is 9.40. The summed E-state index contributed by atoms with van der Waals surface area (Å²) in [5, 5.41) is 46.3. The van der Waals surface area contributed by atoms with Gasteiger partial charge in [-0.05, 0) is 22.6 Å². The first-order chi connectivity index (χ1) is 8.99. The van der Waals surface area contributed by atoms with E-state index >= 15 is 0 Å². The molecule has 0 bridgehead atoms. The van der Waals surface area contributed by atoms with Gasteiger partial charge in [0, 0.05) is 0 Å². The van der Waals surface area contributed by atoms with Crippen molar-refractivity contribution in [2.24, 2.45) is 10.8 Å². The Morgan fingerprint density at radius 2 is 1.32 bits per heavy atom. The van der Waals surface area contributed by atoms with E-state index in [9.17, 15) is 10.2 Å². The van der Waals surface area contributed by atoms with Crippen molar-refractivity contribution in [1.29, 1.82) is 0 Å². The molecule has 116 valence electrons. The molecule has 1 unspecified atom stereocenters. The van der Waals surface area contributed by atoms with Gasteiger partial charge in [-0.15, -0.1) is 0 Å². The summed E-state index contributed by atoms with van der Waals surface area (Å²) in [6, 6.07) is 0. The van der Waals surface area contributed by atoms with Crippen LogP contribution in [0.2, 0.25) is 0 Å². The topological polar surface area (TPSA) is 120 Å². The summed E-state index contributed by atoms with van der Waals surface area (Å²) in [5.74, 6) is 0. The number of rotatable bonds is 11. The highest BCUT2D eigenvalue weighted by Crippen LogP contribution is 2.31. The van der Waals surface area contributed by atoms with E-state index in [-0.39, 0.29) is 26.4 Å². The van der Waals surface area contributed by atoms with Crippen molar-refractivity contribution in [3.05, 3.63) is 0 Å². The lowest BCUT2D eigenvalue weighted by Gasteiger charge is -2.34. The molecule has 0 heterocycles. The van der Waals surface area contributed by atoms with Gasteiger partial charge in [0.2, 0.25) is 0 Å². The molecule has 0 aliphatic heterocycles. The Hall–Kier alpha value is 1.18. The molecule has 0 saturated carbocycles. The fourth-order valence-corrected chi connectivity index (χ4v) is 2.32. The number of aliphatic hydroxyl groups excluding tert-OH is 5. The molecular formula is C10H20I2O7. The van der Waals surface area contributed by atoms with Crippen LogP contribution in [-0.2, 0) is 7.80 Å². The number of hydrogen-bond donors (Lipinski definition) is 5. The molecule has 0 rings (SSSR count). The minimum atomic E-state index is -1.14. The zero-order valence-electron chi connectivity index (χ0n) is 10.3. The number of alkyl halides is 1. The lowest BCUT2D eigenvalue weighted by Crippen LogP contribution is -2.45. The fourth-order valence-electron chi connectivity index (χ4n) is 1.20. The summed E-state index contributed by atoms with van der Waals surface area (Å²) in [5.41, 5.74) is -2.13. The average molecular weight is 506 g/mol. The van der Waals surface area contributed by atoms with Gasteiger partial charge in [0.05, 0.1) is 57.1 Å². The van der Waals surface area contributed by atoms with Gasteiger partial charge >= 0.3 is 0 Å². The third-order valence-electron chi connectivity index (χ3n) is 2.99. The largest absolute Gasteiger partial charge is 0.396 e. The third-order valence-corrected chi connectivity index (χ3v) is 6.05. The highest BCUT2D eigenvalue weighted by atomic mass is 127. The van der Waals surface area contributed by atoms with Crippen LogP contribution in [0, 0.1) is 10.8 Å². The lowest BCUT2D eigenvalue weighted by atomic mass is 9.91. The first-order valence-electron chi connectivity index (χ1n) is 5.53. The first kappa shape index (κ1) is 20.2. The second-order valence-electron chi connectivity index (χ2n) is 4.55.